The number of carbonyl (C=O) groups excluding carboxylic acids is 2. The molecule has 0 bridgehead atoms. The zero-order valence-electron chi connectivity index (χ0n) is 15.3. The van der Waals surface area contributed by atoms with E-state index in [9.17, 15) is 9.59 Å². The number of nitrogens with one attached hydrogen (secondary N) is 3. The van der Waals surface area contributed by atoms with E-state index in [-0.39, 0.29) is 18.4 Å². The molecule has 0 atom stereocenters. The van der Waals surface area contributed by atoms with Gasteiger partial charge in [0.2, 0.25) is 5.91 Å². The number of anilines is 3. The SMILES string of the molecule is Cc1ccc(NC(=O)CNc2ccccc2C(=O)Nc2ccccc2)c(Cl)c1. The number of halogens is 1. The summed E-state index contributed by atoms with van der Waals surface area (Å²) < 4.78 is 0. The normalized spacial score (nSPS) is 10.2. The van der Waals surface area contributed by atoms with Crippen molar-refractivity contribution in [2.45, 2.75) is 6.92 Å². The van der Waals surface area contributed by atoms with E-state index in [1.807, 2.05) is 43.3 Å². The van der Waals surface area contributed by atoms with Gasteiger partial charge in [-0.2, -0.15) is 0 Å². The lowest BCUT2D eigenvalue weighted by atomic mass is 10.1. The van der Waals surface area contributed by atoms with Crippen molar-refractivity contribution in [1.29, 1.82) is 0 Å². The lowest BCUT2D eigenvalue weighted by molar-refractivity contribution is -0.114. The van der Waals surface area contributed by atoms with E-state index in [1.165, 1.54) is 0 Å². The first-order valence-electron chi connectivity index (χ1n) is 8.78. The summed E-state index contributed by atoms with van der Waals surface area (Å²) in [5.41, 5.74) is 3.29. The number of hydrogen-bond donors (Lipinski definition) is 3. The molecule has 3 rings (SSSR count). The van der Waals surface area contributed by atoms with E-state index in [1.54, 1.807) is 36.4 Å². The average molecular weight is 394 g/mol. The van der Waals surface area contributed by atoms with Crippen LogP contribution in [0, 0.1) is 6.92 Å². The number of benzene rings is 3. The molecule has 6 heteroatoms. The maximum atomic E-state index is 12.6. The quantitative estimate of drug-likeness (QED) is 0.554. The third-order valence-corrected chi connectivity index (χ3v) is 4.35. The van der Waals surface area contributed by atoms with Crippen LogP contribution in [0.1, 0.15) is 15.9 Å². The molecule has 3 aromatic rings. The van der Waals surface area contributed by atoms with Crippen molar-refractivity contribution in [2.75, 3.05) is 22.5 Å². The van der Waals surface area contributed by atoms with Gasteiger partial charge in [0.05, 0.1) is 22.8 Å². The van der Waals surface area contributed by atoms with Crippen molar-refractivity contribution in [3.05, 3.63) is 88.9 Å². The smallest absolute Gasteiger partial charge is 0.257 e. The van der Waals surface area contributed by atoms with Crippen LogP contribution in [0.4, 0.5) is 17.1 Å². The van der Waals surface area contributed by atoms with Gasteiger partial charge in [-0.25, -0.2) is 0 Å². The van der Waals surface area contributed by atoms with Gasteiger partial charge in [-0.15, -0.1) is 0 Å². The minimum atomic E-state index is -0.260. The zero-order valence-corrected chi connectivity index (χ0v) is 16.1. The number of amides is 2. The Hall–Kier alpha value is -3.31. The summed E-state index contributed by atoms with van der Waals surface area (Å²) in [6.07, 6.45) is 0. The van der Waals surface area contributed by atoms with E-state index < -0.39 is 0 Å². The van der Waals surface area contributed by atoms with E-state index in [0.717, 1.165) is 5.56 Å². The Morgan fingerprint density at radius 2 is 1.57 bits per heavy atom. The van der Waals surface area contributed by atoms with Gasteiger partial charge in [-0.1, -0.05) is 48.0 Å². The molecule has 2 amide bonds. The van der Waals surface area contributed by atoms with Gasteiger partial charge in [-0.05, 0) is 48.9 Å². The molecule has 0 heterocycles. The standard InChI is InChI=1S/C22H20ClN3O2/c1-15-11-12-20(18(23)13-15)26-21(27)14-24-19-10-6-5-9-17(19)22(28)25-16-7-3-2-4-8-16/h2-13,24H,14H2,1H3,(H,25,28)(H,26,27). The van der Waals surface area contributed by atoms with E-state index in [4.69, 9.17) is 11.6 Å². The average Bonchev–Trinajstić information content (AvgIpc) is 2.69. The zero-order chi connectivity index (χ0) is 19.9. The van der Waals surface area contributed by atoms with Crippen molar-refractivity contribution in [3.63, 3.8) is 0 Å². The fourth-order valence-electron chi connectivity index (χ4n) is 2.65. The molecular weight excluding hydrogens is 374 g/mol. The third kappa shape index (κ3) is 5.11. The van der Waals surface area contributed by atoms with Crippen LogP contribution in [0.25, 0.3) is 0 Å². The molecule has 0 spiro atoms. The Kier molecular flexibility index (Phi) is 6.29. The molecule has 5 nitrogen and oxygen atoms in total. The summed E-state index contributed by atoms with van der Waals surface area (Å²) in [5.74, 6) is -0.514. The molecular formula is C22H20ClN3O2. The predicted molar refractivity (Wildman–Crippen MR) is 114 cm³/mol. The Morgan fingerprint density at radius 1 is 0.857 bits per heavy atom. The summed E-state index contributed by atoms with van der Waals surface area (Å²) >= 11 is 6.15. The Morgan fingerprint density at radius 3 is 2.32 bits per heavy atom. The van der Waals surface area contributed by atoms with Crippen molar-refractivity contribution in [1.82, 2.24) is 0 Å². The lowest BCUT2D eigenvalue weighted by Crippen LogP contribution is -2.23. The summed E-state index contributed by atoms with van der Waals surface area (Å²) in [6, 6.07) is 21.7. The van der Waals surface area contributed by atoms with Crippen LogP contribution in [0.2, 0.25) is 5.02 Å². The molecule has 0 unspecified atom stereocenters. The maximum Gasteiger partial charge on any atom is 0.257 e. The molecule has 0 aliphatic heterocycles. The second-order valence-electron chi connectivity index (χ2n) is 6.25. The highest BCUT2D eigenvalue weighted by Crippen LogP contribution is 2.23. The molecule has 0 aliphatic carbocycles. The van der Waals surface area contributed by atoms with Crippen LogP contribution in [0.5, 0.6) is 0 Å². The van der Waals surface area contributed by atoms with E-state index in [2.05, 4.69) is 16.0 Å². The largest absolute Gasteiger partial charge is 0.376 e. The molecule has 28 heavy (non-hydrogen) atoms. The van der Waals surface area contributed by atoms with Gasteiger partial charge in [0, 0.05) is 11.4 Å². The molecule has 0 aliphatic rings. The molecule has 0 fully saturated rings. The first-order valence-corrected chi connectivity index (χ1v) is 9.16. The third-order valence-electron chi connectivity index (χ3n) is 4.04. The highest BCUT2D eigenvalue weighted by Gasteiger charge is 2.12. The van der Waals surface area contributed by atoms with E-state index >= 15 is 0 Å². The molecule has 0 saturated carbocycles. The number of hydrogen-bond acceptors (Lipinski definition) is 3. The van der Waals surface area contributed by atoms with Crippen molar-refractivity contribution in [3.8, 4) is 0 Å². The highest BCUT2D eigenvalue weighted by atomic mass is 35.5. The lowest BCUT2D eigenvalue weighted by Gasteiger charge is -2.13. The van der Waals surface area contributed by atoms with Gasteiger partial charge in [0.15, 0.2) is 0 Å². The molecule has 142 valence electrons. The van der Waals surface area contributed by atoms with Gasteiger partial charge in [0.1, 0.15) is 0 Å². The van der Waals surface area contributed by atoms with Crippen molar-refractivity contribution >= 4 is 40.5 Å². The number of para-hydroxylation sites is 2. The number of carbonyl (C=O) groups is 2. The first-order chi connectivity index (χ1) is 13.5. The number of rotatable bonds is 6. The van der Waals surface area contributed by atoms with Crippen LogP contribution in [-0.2, 0) is 4.79 Å². The summed E-state index contributed by atoms with van der Waals surface area (Å²) in [5, 5.41) is 9.10. The summed E-state index contributed by atoms with van der Waals surface area (Å²) in [6.45, 7) is 1.93. The van der Waals surface area contributed by atoms with Gasteiger partial charge in [0.25, 0.3) is 5.91 Å². The van der Waals surface area contributed by atoms with Crippen molar-refractivity contribution in [2.24, 2.45) is 0 Å². The summed E-state index contributed by atoms with van der Waals surface area (Å²) in [4.78, 5) is 24.8. The van der Waals surface area contributed by atoms with Gasteiger partial charge >= 0.3 is 0 Å². The molecule has 3 N–H and O–H groups in total. The van der Waals surface area contributed by atoms with Crippen LogP contribution in [-0.4, -0.2) is 18.4 Å². The molecule has 0 aromatic heterocycles. The second kappa shape index (κ2) is 9.06. The minimum Gasteiger partial charge on any atom is -0.376 e. The van der Waals surface area contributed by atoms with Crippen LogP contribution in [0.15, 0.2) is 72.8 Å². The second-order valence-corrected chi connectivity index (χ2v) is 6.66. The van der Waals surface area contributed by atoms with Crippen molar-refractivity contribution < 1.29 is 9.59 Å². The van der Waals surface area contributed by atoms with Gasteiger partial charge in [-0.3, -0.25) is 9.59 Å². The topological polar surface area (TPSA) is 70.2 Å². The maximum absolute atomic E-state index is 12.6. The highest BCUT2D eigenvalue weighted by molar-refractivity contribution is 6.33. The fourth-order valence-corrected chi connectivity index (χ4v) is 2.93. The van der Waals surface area contributed by atoms with Crippen LogP contribution in [0.3, 0.4) is 0 Å². The Labute approximate surface area is 168 Å². The van der Waals surface area contributed by atoms with Crippen LogP contribution < -0.4 is 16.0 Å². The summed E-state index contributed by atoms with van der Waals surface area (Å²) in [7, 11) is 0. The monoisotopic (exact) mass is 393 g/mol. The van der Waals surface area contributed by atoms with Crippen LogP contribution >= 0.6 is 11.6 Å². The van der Waals surface area contributed by atoms with Gasteiger partial charge < -0.3 is 16.0 Å². The predicted octanol–water partition coefficient (Wildman–Crippen LogP) is 4.95. The fraction of sp³-hybridized carbons (Fsp3) is 0.0909. The molecule has 0 radical (unpaired) electrons. The Bertz CT molecular complexity index is 990. The first kappa shape index (κ1) is 19.5. The Balaban J connectivity index is 1.64. The number of aryl methyl sites for hydroxylation is 1. The molecule has 0 saturated heterocycles. The minimum absolute atomic E-state index is 0.000163. The molecule has 3 aromatic carbocycles. The van der Waals surface area contributed by atoms with E-state index in [0.29, 0.717) is 27.6 Å².